The second-order valence-corrected chi connectivity index (χ2v) is 4.57. The lowest BCUT2D eigenvalue weighted by molar-refractivity contribution is -0.122. The van der Waals surface area contributed by atoms with Crippen LogP contribution in [-0.4, -0.2) is 24.0 Å². The molecule has 4 nitrogen and oxygen atoms in total. The third kappa shape index (κ3) is 3.93. The number of thiocarbonyl (C=S) groups is 1. The van der Waals surface area contributed by atoms with Crippen LogP contribution in [0.15, 0.2) is 42.5 Å². The number of carbonyl (C=O) groups is 1. The number of carbonyl (C=O) groups excluding carboxylic acids is 1. The number of rotatable bonds is 5. The lowest BCUT2D eigenvalue weighted by Gasteiger charge is -2.07. The third-order valence-corrected chi connectivity index (χ3v) is 2.69. The second-order valence-electron chi connectivity index (χ2n) is 4.04. The maximum Gasteiger partial charge on any atom is 0.258 e. The van der Waals surface area contributed by atoms with Gasteiger partial charge in [-0.25, -0.2) is 0 Å². The monoisotopic (exact) mass is 274 g/mol. The van der Waals surface area contributed by atoms with Crippen LogP contribution in [0.3, 0.4) is 0 Å². The quantitative estimate of drug-likeness (QED) is 0.813. The van der Waals surface area contributed by atoms with E-state index < -0.39 is 0 Å². The van der Waals surface area contributed by atoms with Gasteiger partial charge in [0.1, 0.15) is 5.75 Å². The molecule has 0 atom stereocenters. The van der Waals surface area contributed by atoms with Crippen molar-refractivity contribution in [3.8, 4) is 5.75 Å². The molecule has 0 aliphatic carbocycles. The fourth-order valence-corrected chi connectivity index (χ4v) is 1.71. The van der Waals surface area contributed by atoms with Gasteiger partial charge in [0.2, 0.25) is 0 Å². The maximum atomic E-state index is 11.4. The Hall–Kier alpha value is -2.14. The van der Waals surface area contributed by atoms with Gasteiger partial charge in [0.25, 0.3) is 5.91 Å². The van der Waals surface area contributed by atoms with Gasteiger partial charge in [0, 0.05) is 0 Å². The summed E-state index contributed by atoms with van der Waals surface area (Å²) < 4.78 is 5.41. The number of benzene rings is 2. The van der Waals surface area contributed by atoms with E-state index >= 15 is 0 Å². The molecule has 0 unspecified atom stereocenters. The molecule has 0 saturated carbocycles. The number of amides is 1. The SMILES string of the molecule is NC(=S)CNC(=O)COc1ccc2ccccc2c1. The molecule has 1 amide bonds. The van der Waals surface area contributed by atoms with Crippen molar-refractivity contribution in [3.63, 3.8) is 0 Å². The van der Waals surface area contributed by atoms with Crippen LogP contribution in [0.4, 0.5) is 0 Å². The highest BCUT2D eigenvalue weighted by Gasteiger charge is 2.03. The smallest absolute Gasteiger partial charge is 0.258 e. The summed E-state index contributed by atoms with van der Waals surface area (Å²) in [5.41, 5.74) is 5.29. The summed E-state index contributed by atoms with van der Waals surface area (Å²) in [4.78, 5) is 11.7. The van der Waals surface area contributed by atoms with Crippen molar-refractivity contribution < 1.29 is 9.53 Å². The highest BCUT2D eigenvalue weighted by Crippen LogP contribution is 2.20. The molecule has 98 valence electrons. The Morgan fingerprint density at radius 3 is 2.68 bits per heavy atom. The second kappa shape index (κ2) is 6.15. The van der Waals surface area contributed by atoms with Gasteiger partial charge in [0.05, 0.1) is 11.5 Å². The molecule has 0 aliphatic rings. The summed E-state index contributed by atoms with van der Waals surface area (Å²) in [5.74, 6) is 0.408. The van der Waals surface area contributed by atoms with Gasteiger partial charge < -0.3 is 15.8 Å². The topological polar surface area (TPSA) is 64.3 Å². The first-order chi connectivity index (χ1) is 9.15. The Bertz CT molecular complexity index is 613. The molecule has 0 aromatic heterocycles. The van der Waals surface area contributed by atoms with E-state index in [2.05, 4.69) is 17.5 Å². The van der Waals surface area contributed by atoms with Gasteiger partial charge in [-0.05, 0) is 22.9 Å². The molecular weight excluding hydrogens is 260 g/mol. The fraction of sp³-hybridized carbons (Fsp3) is 0.143. The van der Waals surface area contributed by atoms with Gasteiger partial charge in [-0.2, -0.15) is 0 Å². The van der Waals surface area contributed by atoms with Gasteiger partial charge in [-0.1, -0.05) is 42.5 Å². The minimum Gasteiger partial charge on any atom is -0.484 e. The van der Waals surface area contributed by atoms with Crippen LogP contribution < -0.4 is 15.8 Å². The lowest BCUT2D eigenvalue weighted by Crippen LogP contribution is -2.35. The van der Waals surface area contributed by atoms with Crippen LogP contribution in [-0.2, 0) is 4.79 Å². The number of nitrogens with one attached hydrogen (secondary N) is 1. The molecule has 2 aromatic rings. The summed E-state index contributed by atoms with van der Waals surface area (Å²) in [6.45, 7) is 0.135. The first-order valence-corrected chi connectivity index (χ1v) is 6.22. The Kier molecular flexibility index (Phi) is 4.30. The molecule has 0 spiro atoms. The van der Waals surface area contributed by atoms with Crippen molar-refractivity contribution in [2.45, 2.75) is 0 Å². The van der Waals surface area contributed by atoms with E-state index in [0.29, 0.717) is 5.75 Å². The predicted octanol–water partition coefficient (Wildman–Crippen LogP) is 1.62. The van der Waals surface area contributed by atoms with Crippen LogP contribution >= 0.6 is 12.2 Å². The number of hydrogen-bond donors (Lipinski definition) is 2. The highest BCUT2D eigenvalue weighted by atomic mass is 32.1. The van der Waals surface area contributed by atoms with Crippen LogP contribution in [0.1, 0.15) is 0 Å². The van der Waals surface area contributed by atoms with Crippen molar-refractivity contribution in [3.05, 3.63) is 42.5 Å². The van der Waals surface area contributed by atoms with Crippen molar-refractivity contribution in [2.75, 3.05) is 13.2 Å². The normalized spacial score (nSPS) is 10.1. The van der Waals surface area contributed by atoms with E-state index in [-0.39, 0.29) is 24.0 Å². The molecule has 0 aliphatic heterocycles. The van der Waals surface area contributed by atoms with E-state index in [9.17, 15) is 4.79 Å². The Morgan fingerprint density at radius 2 is 1.95 bits per heavy atom. The number of nitrogens with two attached hydrogens (primary N) is 1. The molecule has 0 fully saturated rings. The van der Waals surface area contributed by atoms with Crippen LogP contribution in [0.2, 0.25) is 0 Å². The molecule has 0 bridgehead atoms. The third-order valence-electron chi connectivity index (χ3n) is 2.55. The van der Waals surface area contributed by atoms with Crippen LogP contribution in [0.25, 0.3) is 10.8 Å². The van der Waals surface area contributed by atoms with E-state index in [4.69, 9.17) is 10.5 Å². The van der Waals surface area contributed by atoms with E-state index in [1.807, 2.05) is 42.5 Å². The standard InChI is InChI=1S/C14H14N2O2S/c15-13(19)8-16-14(17)9-18-12-6-5-10-3-1-2-4-11(10)7-12/h1-7H,8-9H2,(H2,15,19)(H,16,17). The van der Waals surface area contributed by atoms with Gasteiger partial charge in [-0.15, -0.1) is 0 Å². The number of fused-ring (bicyclic) bond motifs is 1. The minimum absolute atomic E-state index is 0.0546. The summed E-state index contributed by atoms with van der Waals surface area (Å²) in [7, 11) is 0. The fourth-order valence-electron chi connectivity index (χ4n) is 1.64. The average molecular weight is 274 g/mol. The van der Waals surface area contributed by atoms with Crippen LogP contribution in [0, 0.1) is 0 Å². The zero-order valence-electron chi connectivity index (χ0n) is 10.3. The Labute approximate surface area is 116 Å². The highest BCUT2D eigenvalue weighted by molar-refractivity contribution is 7.80. The number of ether oxygens (including phenoxy) is 1. The number of hydrogen-bond acceptors (Lipinski definition) is 3. The molecule has 5 heteroatoms. The van der Waals surface area contributed by atoms with Gasteiger partial charge in [0.15, 0.2) is 6.61 Å². The van der Waals surface area contributed by atoms with E-state index in [0.717, 1.165) is 10.8 Å². The van der Waals surface area contributed by atoms with Gasteiger partial charge >= 0.3 is 0 Å². The molecule has 19 heavy (non-hydrogen) atoms. The molecule has 3 N–H and O–H groups in total. The maximum absolute atomic E-state index is 11.4. The lowest BCUT2D eigenvalue weighted by atomic mass is 10.1. The van der Waals surface area contributed by atoms with Gasteiger partial charge in [-0.3, -0.25) is 4.79 Å². The zero-order valence-corrected chi connectivity index (χ0v) is 11.1. The molecule has 0 saturated heterocycles. The molecule has 0 radical (unpaired) electrons. The van der Waals surface area contributed by atoms with Crippen molar-refractivity contribution in [1.82, 2.24) is 5.32 Å². The summed E-state index contributed by atoms with van der Waals surface area (Å²) in [5, 5.41) is 4.76. The first kappa shape index (κ1) is 13.3. The molecule has 0 heterocycles. The largest absolute Gasteiger partial charge is 0.484 e. The van der Waals surface area contributed by atoms with E-state index in [1.54, 1.807) is 0 Å². The summed E-state index contributed by atoms with van der Waals surface area (Å²) in [6, 6.07) is 13.6. The summed E-state index contributed by atoms with van der Waals surface area (Å²) in [6.07, 6.45) is 0. The predicted molar refractivity (Wildman–Crippen MR) is 79.2 cm³/mol. The van der Waals surface area contributed by atoms with E-state index in [1.165, 1.54) is 0 Å². The van der Waals surface area contributed by atoms with Crippen molar-refractivity contribution >= 4 is 33.9 Å². The van der Waals surface area contributed by atoms with Crippen LogP contribution in [0.5, 0.6) is 5.75 Å². The first-order valence-electron chi connectivity index (χ1n) is 5.82. The average Bonchev–Trinajstić information content (AvgIpc) is 2.42. The molecule has 2 rings (SSSR count). The minimum atomic E-state index is -0.249. The molecule has 2 aromatic carbocycles. The summed E-state index contributed by atoms with van der Waals surface area (Å²) >= 11 is 4.67. The van der Waals surface area contributed by atoms with Crippen molar-refractivity contribution in [1.29, 1.82) is 0 Å². The van der Waals surface area contributed by atoms with Crippen molar-refractivity contribution in [2.24, 2.45) is 5.73 Å². The molecular formula is C14H14N2O2S. The Morgan fingerprint density at radius 1 is 1.21 bits per heavy atom. The Balaban J connectivity index is 1.94. The zero-order chi connectivity index (χ0) is 13.7.